The number of benzene rings is 1. The minimum Gasteiger partial charge on any atom is -0.334 e. The van der Waals surface area contributed by atoms with Crippen LogP contribution >= 0.6 is 0 Å². The van der Waals surface area contributed by atoms with Gasteiger partial charge < -0.3 is 4.57 Å². The smallest absolute Gasteiger partial charge is 0.160 e. The Morgan fingerprint density at radius 3 is 2.67 bits per heavy atom. The number of carbonyl (C=O) groups excluding carboxylic acids is 1. The molecule has 0 atom stereocenters. The summed E-state index contributed by atoms with van der Waals surface area (Å²) >= 11 is 0. The van der Waals surface area contributed by atoms with E-state index in [0.717, 1.165) is 16.8 Å². The molecule has 0 amide bonds. The van der Waals surface area contributed by atoms with Gasteiger partial charge in [0.15, 0.2) is 5.78 Å². The van der Waals surface area contributed by atoms with E-state index in [-0.39, 0.29) is 5.78 Å². The summed E-state index contributed by atoms with van der Waals surface area (Å²) in [5.41, 5.74) is 2.63. The molecule has 1 aromatic heterocycles. The van der Waals surface area contributed by atoms with Crippen molar-refractivity contribution < 1.29 is 4.79 Å². The molecule has 1 heterocycles. The molecule has 0 bridgehead atoms. The maximum Gasteiger partial charge on any atom is 0.160 e. The van der Waals surface area contributed by atoms with Gasteiger partial charge in [-0.3, -0.25) is 4.79 Å². The van der Waals surface area contributed by atoms with Crippen molar-refractivity contribution in [2.45, 2.75) is 6.92 Å². The van der Waals surface area contributed by atoms with E-state index in [4.69, 9.17) is 0 Å². The summed E-state index contributed by atoms with van der Waals surface area (Å²) in [7, 11) is 1.92. The summed E-state index contributed by atoms with van der Waals surface area (Å²) < 4.78 is 1.90. The molecule has 0 radical (unpaired) electrons. The molecule has 3 heteroatoms. The summed E-state index contributed by atoms with van der Waals surface area (Å²) in [5.74, 6) is 0.0757. The van der Waals surface area contributed by atoms with Gasteiger partial charge in [-0.15, -0.1) is 0 Å². The van der Waals surface area contributed by atoms with E-state index in [1.54, 1.807) is 19.4 Å². The van der Waals surface area contributed by atoms with Gasteiger partial charge in [0.05, 0.1) is 18.2 Å². The molecule has 0 fully saturated rings. The molecule has 1 aromatic carbocycles. The summed E-state index contributed by atoms with van der Waals surface area (Å²) in [5, 5.41) is 0. The van der Waals surface area contributed by atoms with Crippen LogP contribution in [0.3, 0.4) is 0 Å². The molecule has 0 aliphatic heterocycles. The first-order valence-electron chi connectivity index (χ1n) is 4.77. The van der Waals surface area contributed by atoms with Gasteiger partial charge >= 0.3 is 0 Å². The second-order valence-corrected chi connectivity index (χ2v) is 3.49. The highest BCUT2D eigenvalue weighted by atomic mass is 16.1. The first-order valence-corrected chi connectivity index (χ1v) is 4.77. The lowest BCUT2D eigenvalue weighted by Crippen LogP contribution is -1.98. The Labute approximate surface area is 88.4 Å². The number of rotatable bonds is 2. The van der Waals surface area contributed by atoms with E-state index in [2.05, 4.69) is 4.98 Å². The predicted molar refractivity (Wildman–Crippen MR) is 58.6 cm³/mol. The van der Waals surface area contributed by atoms with Gasteiger partial charge in [0.1, 0.15) is 0 Å². The molecule has 2 rings (SSSR count). The zero-order valence-corrected chi connectivity index (χ0v) is 8.77. The van der Waals surface area contributed by atoms with E-state index < -0.39 is 0 Å². The molecule has 0 saturated carbocycles. The summed E-state index contributed by atoms with van der Waals surface area (Å²) in [4.78, 5) is 15.5. The molecule has 0 unspecified atom stereocenters. The van der Waals surface area contributed by atoms with Crippen LogP contribution in [0.15, 0.2) is 36.8 Å². The molecular formula is C12H12N2O. The van der Waals surface area contributed by atoms with Gasteiger partial charge in [0.25, 0.3) is 0 Å². The van der Waals surface area contributed by atoms with Crippen molar-refractivity contribution in [3.8, 4) is 11.3 Å². The molecule has 0 saturated heterocycles. The number of hydrogen-bond acceptors (Lipinski definition) is 2. The number of hydrogen-bond donors (Lipinski definition) is 0. The Balaban J connectivity index is 2.63. The fourth-order valence-corrected chi connectivity index (χ4v) is 1.63. The lowest BCUT2D eigenvalue weighted by molar-refractivity contribution is 0.101. The van der Waals surface area contributed by atoms with Crippen molar-refractivity contribution in [1.82, 2.24) is 9.55 Å². The van der Waals surface area contributed by atoms with E-state index in [9.17, 15) is 4.79 Å². The number of ketones is 1. The number of aromatic nitrogens is 2. The van der Waals surface area contributed by atoms with Crippen LogP contribution < -0.4 is 0 Å². The van der Waals surface area contributed by atoms with E-state index in [1.807, 2.05) is 35.9 Å². The Kier molecular flexibility index (Phi) is 2.37. The normalized spacial score (nSPS) is 10.3. The van der Waals surface area contributed by atoms with Crippen LogP contribution in [0.2, 0.25) is 0 Å². The van der Waals surface area contributed by atoms with E-state index >= 15 is 0 Å². The fourth-order valence-electron chi connectivity index (χ4n) is 1.63. The zero-order chi connectivity index (χ0) is 10.8. The Morgan fingerprint density at radius 2 is 2.07 bits per heavy atom. The van der Waals surface area contributed by atoms with Crippen molar-refractivity contribution in [2.75, 3.05) is 0 Å². The molecule has 76 valence electrons. The number of carbonyl (C=O) groups is 1. The molecule has 0 spiro atoms. The van der Waals surface area contributed by atoms with Crippen LogP contribution in [-0.2, 0) is 7.05 Å². The lowest BCUT2D eigenvalue weighted by Gasteiger charge is -2.06. The average Bonchev–Trinajstić information content (AvgIpc) is 2.64. The van der Waals surface area contributed by atoms with E-state index in [1.165, 1.54) is 0 Å². The molecule has 2 aromatic rings. The Hall–Kier alpha value is -1.90. The molecule has 0 aliphatic carbocycles. The minimum atomic E-state index is 0.0757. The van der Waals surface area contributed by atoms with Crippen LogP contribution in [0.5, 0.6) is 0 Å². The third-order valence-electron chi connectivity index (χ3n) is 2.40. The average molecular weight is 200 g/mol. The van der Waals surface area contributed by atoms with E-state index in [0.29, 0.717) is 0 Å². The molecular weight excluding hydrogens is 188 g/mol. The maximum atomic E-state index is 11.4. The monoisotopic (exact) mass is 200 g/mol. The topological polar surface area (TPSA) is 34.9 Å². The summed E-state index contributed by atoms with van der Waals surface area (Å²) in [6.45, 7) is 1.58. The van der Waals surface area contributed by atoms with Crippen LogP contribution in [0.1, 0.15) is 17.3 Å². The standard InChI is InChI=1S/C12H12N2O/c1-9(15)10-5-3-4-6-11(10)12-7-13-8-14(12)2/h3-8H,1-2H3. The second kappa shape index (κ2) is 3.69. The molecule has 0 aliphatic rings. The number of Topliss-reactive ketones (excluding diaryl/α,β-unsaturated/α-hetero) is 1. The highest BCUT2D eigenvalue weighted by Gasteiger charge is 2.10. The zero-order valence-electron chi connectivity index (χ0n) is 8.77. The largest absolute Gasteiger partial charge is 0.334 e. The Morgan fingerprint density at radius 1 is 1.33 bits per heavy atom. The van der Waals surface area contributed by atoms with Crippen molar-refractivity contribution >= 4 is 5.78 Å². The number of imidazole rings is 1. The van der Waals surface area contributed by atoms with Crippen LogP contribution in [0, 0.1) is 0 Å². The molecule has 15 heavy (non-hydrogen) atoms. The third kappa shape index (κ3) is 1.68. The van der Waals surface area contributed by atoms with Gasteiger partial charge in [-0.25, -0.2) is 4.98 Å². The predicted octanol–water partition coefficient (Wildman–Crippen LogP) is 2.29. The van der Waals surface area contributed by atoms with Crippen molar-refractivity contribution in [3.63, 3.8) is 0 Å². The van der Waals surface area contributed by atoms with Gasteiger partial charge in [-0.2, -0.15) is 0 Å². The van der Waals surface area contributed by atoms with Crippen molar-refractivity contribution in [1.29, 1.82) is 0 Å². The minimum absolute atomic E-state index is 0.0757. The fraction of sp³-hybridized carbons (Fsp3) is 0.167. The number of nitrogens with zero attached hydrogens (tertiary/aromatic N) is 2. The van der Waals surface area contributed by atoms with Crippen LogP contribution in [-0.4, -0.2) is 15.3 Å². The maximum absolute atomic E-state index is 11.4. The Bertz CT molecular complexity index is 500. The summed E-state index contributed by atoms with van der Waals surface area (Å²) in [6, 6.07) is 7.57. The van der Waals surface area contributed by atoms with Gasteiger partial charge in [0.2, 0.25) is 0 Å². The molecule has 0 N–H and O–H groups in total. The quantitative estimate of drug-likeness (QED) is 0.697. The van der Waals surface area contributed by atoms with Crippen molar-refractivity contribution in [2.24, 2.45) is 7.05 Å². The number of aryl methyl sites for hydroxylation is 1. The highest BCUT2D eigenvalue weighted by Crippen LogP contribution is 2.22. The van der Waals surface area contributed by atoms with Crippen molar-refractivity contribution in [3.05, 3.63) is 42.4 Å². The van der Waals surface area contributed by atoms with Crippen LogP contribution in [0.4, 0.5) is 0 Å². The van der Waals surface area contributed by atoms with Crippen LogP contribution in [0.25, 0.3) is 11.3 Å². The first-order chi connectivity index (χ1) is 7.20. The molecule has 3 nitrogen and oxygen atoms in total. The lowest BCUT2D eigenvalue weighted by atomic mass is 10.0. The first kappa shape index (κ1) is 9.65. The highest BCUT2D eigenvalue weighted by molar-refractivity contribution is 6.00. The third-order valence-corrected chi connectivity index (χ3v) is 2.40. The summed E-state index contributed by atoms with van der Waals surface area (Å²) in [6.07, 6.45) is 3.49. The van der Waals surface area contributed by atoms with Gasteiger partial charge in [-0.05, 0) is 6.92 Å². The SMILES string of the molecule is CC(=O)c1ccccc1-c1cncn1C. The second-order valence-electron chi connectivity index (χ2n) is 3.49. The van der Waals surface area contributed by atoms with Gasteiger partial charge in [0, 0.05) is 18.2 Å². The van der Waals surface area contributed by atoms with Gasteiger partial charge in [-0.1, -0.05) is 24.3 Å².